The number of hydrogen-bond acceptors (Lipinski definition) is 6. The standard InChI is InChI=1S/C22H29N5O3/c1-17(28)26-10-11-30-20(15-26)14-25-8-4-18(5-9-25)13-27-16-24-21(12-22(27)29)19-2-6-23-7-3-19/h2-3,6-7,12,16,18,20H,4-5,8-11,13-15H2,1H3. The summed E-state index contributed by atoms with van der Waals surface area (Å²) in [6.45, 7) is 7.15. The quantitative estimate of drug-likeness (QED) is 0.737. The summed E-state index contributed by atoms with van der Waals surface area (Å²) in [5.74, 6) is 0.588. The van der Waals surface area contributed by atoms with Crippen molar-refractivity contribution >= 4 is 5.91 Å². The van der Waals surface area contributed by atoms with Crippen molar-refractivity contribution < 1.29 is 9.53 Å². The number of pyridine rings is 1. The zero-order chi connectivity index (χ0) is 20.9. The lowest BCUT2D eigenvalue weighted by Crippen LogP contribution is -2.50. The van der Waals surface area contributed by atoms with E-state index in [2.05, 4.69) is 14.9 Å². The van der Waals surface area contributed by atoms with Crippen molar-refractivity contribution in [3.63, 3.8) is 0 Å². The molecular weight excluding hydrogens is 382 g/mol. The van der Waals surface area contributed by atoms with Gasteiger partial charge >= 0.3 is 0 Å². The fourth-order valence-electron chi connectivity index (χ4n) is 4.28. The van der Waals surface area contributed by atoms with Gasteiger partial charge in [0.25, 0.3) is 5.56 Å². The largest absolute Gasteiger partial charge is 0.373 e. The van der Waals surface area contributed by atoms with Crippen LogP contribution in [0.3, 0.4) is 0 Å². The molecule has 1 unspecified atom stereocenters. The van der Waals surface area contributed by atoms with Crippen molar-refractivity contribution in [3.8, 4) is 11.3 Å². The Morgan fingerprint density at radius 2 is 1.93 bits per heavy atom. The molecule has 0 bridgehead atoms. The molecule has 2 aliphatic rings. The summed E-state index contributed by atoms with van der Waals surface area (Å²) >= 11 is 0. The summed E-state index contributed by atoms with van der Waals surface area (Å²) in [4.78, 5) is 36.9. The van der Waals surface area contributed by atoms with Crippen LogP contribution in [0.5, 0.6) is 0 Å². The smallest absolute Gasteiger partial charge is 0.253 e. The predicted octanol–water partition coefficient (Wildman–Crippen LogP) is 1.26. The van der Waals surface area contributed by atoms with Gasteiger partial charge in [0.05, 0.1) is 24.7 Å². The van der Waals surface area contributed by atoms with E-state index >= 15 is 0 Å². The zero-order valence-electron chi connectivity index (χ0n) is 17.4. The fourth-order valence-corrected chi connectivity index (χ4v) is 4.28. The molecule has 0 spiro atoms. The summed E-state index contributed by atoms with van der Waals surface area (Å²) in [5, 5.41) is 0. The van der Waals surface area contributed by atoms with Crippen molar-refractivity contribution in [3.05, 3.63) is 47.3 Å². The second kappa shape index (κ2) is 9.49. The van der Waals surface area contributed by atoms with E-state index in [1.54, 1.807) is 36.3 Å². The number of likely N-dealkylation sites (tertiary alicyclic amines) is 1. The van der Waals surface area contributed by atoms with Gasteiger partial charge < -0.3 is 14.5 Å². The van der Waals surface area contributed by atoms with Crippen LogP contribution in [-0.2, 0) is 16.1 Å². The number of ether oxygens (including phenoxy) is 1. The van der Waals surface area contributed by atoms with Crippen molar-refractivity contribution in [1.82, 2.24) is 24.3 Å². The molecule has 2 aromatic heterocycles. The highest BCUT2D eigenvalue weighted by Crippen LogP contribution is 2.20. The van der Waals surface area contributed by atoms with Crippen LogP contribution >= 0.6 is 0 Å². The van der Waals surface area contributed by atoms with E-state index in [1.807, 2.05) is 17.0 Å². The molecule has 2 aromatic rings. The third-order valence-corrected chi connectivity index (χ3v) is 6.06. The maximum absolute atomic E-state index is 12.5. The lowest BCUT2D eigenvalue weighted by atomic mass is 9.96. The molecule has 4 heterocycles. The van der Waals surface area contributed by atoms with E-state index in [0.717, 1.165) is 38.0 Å². The second-order valence-corrected chi connectivity index (χ2v) is 8.20. The van der Waals surface area contributed by atoms with Gasteiger partial charge in [0.2, 0.25) is 5.91 Å². The molecule has 8 heteroatoms. The molecule has 2 saturated heterocycles. The molecule has 2 fully saturated rings. The van der Waals surface area contributed by atoms with Crippen LogP contribution in [0.15, 0.2) is 41.7 Å². The van der Waals surface area contributed by atoms with Gasteiger partial charge in [-0.2, -0.15) is 0 Å². The van der Waals surface area contributed by atoms with Gasteiger partial charge in [-0.3, -0.25) is 19.1 Å². The van der Waals surface area contributed by atoms with Crippen LogP contribution in [0.2, 0.25) is 0 Å². The lowest BCUT2D eigenvalue weighted by Gasteiger charge is -2.38. The van der Waals surface area contributed by atoms with E-state index in [9.17, 15) is 9.59 Å². The average Bonchev–Trinajstić information content (AvgIpc) is 2.77. The number of piperidine rings is 1. The molecule has 8 nitrogen and oxygen atoms in total. The summed E-state index contributed by atoms with van der Waals surface area (Å²) in [6, 6.07) is 5.31. The molecule has 1 atom stereocenters. The molecule has 160 valence electrons. The summed E-state index contributed by atoms with van der Waals surface area (Å²) in [5.41, 5.74) is 1.57. The Kier molecular flexibility index (Phi) is 6.54. The first-order chi connectivity index (χ1) is 14.6. The first-order valence-electron chi connectivity index (χ1n) is 10.6. The van der Waals surface area contributed by atoms with E-state index in [1.165, 1.54) is 0 Å². The Morgan fingerprint density at radius 1 is 1.17 bits per heavy atom. The maximum Gasteiger partial charge on any atom is 0.253 e. The van der Waals surface area contributed by atoms with Gasteiger partial charge in [-0.05, 0) is 44.0 Å². The van der Waals surface area contributed by atoms with Gasteiger partial charge in [0.15, 0.2) is 0 Å². The van der Waals surface area contributed by atoms with Crippen molar-refractivity contribution in [2.24, 2.45) is 5.92 Å². The number of hydrogen-bond donors (Lipinski definition) is 0. The van der Waals surface area contributed by atoms with Crippen LogP contribution in [0.1, 0.15) is 19.8 Å². The van der Waals surface area contributed by atoms with Gasteiger partial charge in [-0.15, -0.1) is 0 Å². The van der Waals surface area contributed by atoms with E-state index in [4.69, 9.17) is 4.74 Å². The van der Waals surface area contributed by atoms with Crippen molar-refractivity contribution in [2.45, 2.75) is 32.4 Å². The number of amides is 1. The number of carbonyl (C=O) groups excluding carboxylic acids is 1. The summed E-state index contributed by atoms with van der Waals surface area (Å²) in [6.07, 6.45) is 7.24. The van der Waals surface area contributed by atoms with Crippen LogP contribution < -0.4 is 5.56 Å². The number of nitrogens with zero attached hydrogens (tertiary/aromatic N) is 5. The summed E-state index contributed by atoms with van der Waals surface area (Å²) in [7, 11) is 0. The SMILES string of the molecule is CC(=O)N1CCOC(CN2CCC(Cn3cnc(-c4ccncc4)cc3=O)CC2)C1. The third-order valence-electron chi connectivity index (χ3n) is 6.06. The Hall–Kier alpha value is -2.58. The van der Waals surface area contributed by atoms with E-state index in [0.29, 0.717) is 37.9 Å². The first kappa shape index (κ1) is 20.7. The number of carbonyl (C=O) groups is 1. The minimum atomic E-state index is -0.0147. The van der Waals surface area contributed by atoms with Crippen LogP contribution in [0.4, 0.5) is 0 Å². The van der Waals surface area contributed by atoms with Gasteiger partial charge in [0, 0.05) is 57.1 Å². The molecule has 0 saturated carbocycles. The van der Waals surface area contributed by atoms with E-state index < -0.39 is 0 Å². The Labute approximate surface area is 176 Å². The molecule has 0 radical (unpaired) electrons. The van der Waals surface area contributed by atoms with E-state index in [-0.39, 0.29) is 17.6 Å². The molecule has 1 amide bonds. The molecule has 0 aliphatic carbocycles. The van der Waals surface area contributed by atoms with Gasteiger partial charge in [-0.1, -0.05) is 0 Å². The highest BCUT2D eigenvalue weighted by Gasteiger charge is 2.26. The van der Waals surface area contributed by atoms with Gasteiger partial charge in [0.1, 0.15) is 0 Å². The highest BCUT2D eigenvalue weighted by molar-refractivity contribution is 5.73. The molecule has 4 rings (SSSR count). The third kappa shape index (κ3) is 5.12. The highest BCUT2D eigenvalue weighted by atomic mass is 16.5. The number of rotatable bonds is 5. The Bertz CT molecular complexity index is 908. The average molecular weight is 412 g/mol. The number of morpholine rings is 1. The Balaban J connectivity index is 1.28. The van der Waals surface area contributed by atoms with Gasteiger partial charge in [-0.25, -0.2) is 4.98 Å². The van der Waals surface area contributed by atoms with Crippen molar-refractivity contribution in [2.75, 3.05) is 39.3 Å². The topological polar surface area (TPSA) is 80.6 Å². The number of aromatic nitrogens is 3. The molecule has 2 aliphatic heterocycles. The summed E-state index contributed by atoms with van der Waals surface area (Å²) < 4.78 is 7.58. The minimum Gasteiger partial charge on any atom is -0.373 e. The Morgan fingerprint density at radius 3 is 2.63 bits per heavy atom. The van der Waals surface area contributed by atoms with Crippen LogP contribution in [-0.4, -0.2) is 75.7 Å². The normalized spacial score (nSPS) is 21.0. The molecule has 0 aromatic carbocycles. The first-order valence-corrected chi connectivity index (χ1v) is 10.6. The maximum atomic E-state index is 12.5. The monoisotopic (exact) mass is 411 g/mol. The van der Waals surface area contributed by atoms with Crippen LogP contribution in [0, 0.1) is 5.92 Å². The minimum absolute atomic E-state index is 0.0147. The zero-order valence-corrected chi connectivity index (χ0v) is 17.4. The van der Waals surface area contributed by atoms with Crippen molar-refractivity contribution in [1.29, 1.82) is 0 Å². The lowest BCUT2D eigenvalue weighted by molar-refractivity contribution is -0.137. The van der Waals surface area contributed by atoms with Crippen LogP contribution in [0.25, 0.3) is 11.3 Å². The molecule has 0 N–H and O–H groups in total. The fraction of sp³-hybridized carbons (Fsp3) is 0.545. The predicted molar refractivity (Wildman–Crippen MR) is 113 cm³/mol. The second-order valence-electron chi connectivity index (χ2n) is 8.20. The molecular formula is C22H29N5O3. The molecule has 30 heavy (non-hydrogen) atoms.